The molecule has 0 fully saturated rings. The topological polar surface area (TPSA) is 47.6 Å². The van der Waals surface area contributed by atoms with Crippen molar-refractivity contribution < 1.29 is 14.3 Å². The molecule has 0 aromatic heterocycles. The van der Waals surface area contributed by atoms with E-state index in [4.69, 9.17) is 9.47 Å². The summed E-state index contributed by atoms with van der Waals surface area (Å²) in [6.07, 6.45) is -0.415. The van der Waals surface area contributed by atoms with E-state index in [9.17, 15) is 4.79 Å². The molecule has 0 unspecified atom stereocenters. The molecule has 0 saturated carbocycles. The molecule has 4 nitrogen and oxygen atoms in total. The number of benzene rings is 2. The molecule has 0 aliphatic heterocycles. The van der Waals surface area contributed by atoms with Crippen molar-refractivity contribution in [2.45, 2.75) is 39.5 Å². The number of carbonyl (C=O) groups is 1. The Balaban J connectivity index is 1.82. The minimum atomic E-state index is -0.560. The van der Waals surface area contributed by atoms with Crippen molar-refractivity contribution in [1.29, 1.82) is 0 Å². The molecule has 24 heavy (non-hydrogen) atoms. The highest BCUT2D eigenvalue weighted by molar-refractivity contribution is 9.10. The van der Waals surface area contributed by atoms with E-state index >= 15 is 0 Å². The summed E-state index contributed by atoms with van der Waals surface area (Å²) in [5.74, 6) is 1.34. The molecule has 2 rings (SSSR count). The molecule has 1 atom stereocenters. The van der Waals surface area contributed by atoms with Crippen molar-refractivity contribution in [2.75, 3.05) is 0 Å². The smallest absolute Gasteiger partial charge is 0.261 e. The quantitative estimate of drug-likeness (QED) is 0.764. The van der Waals surface area contributed by atoms with Gasteiger partial charge in [-0.1, -0.05) is 28.1 Å². The molecule has 0 aliphatic rings. The second-order valence-electron chi connectivity index (χ2n) is 5.74. The molecule has 128 valence electrons. The lowest BCUT2D eigenvalue weighted by Gasteiger charge is -2.15. The molecular weight excluding hydrogens is 370 g/mol. The van der Waals surface area contributed by atoms with E-state index in [1.807, 2.05) is 62.4 Å². The number of ether oxygens (including phenoxy) is 2. The second-order valence-corrected chi connectivity index (χ2v) is 6.66. The Morgan fingerprint density at radius 2 is 1.50 bits per heavy atom. The summed E-state index contributed by atoms with van der Waals surface area (Å²) in [5.41, 5.74) is 1.01. The molecule has 0 spiro atoms. The summed E-state index contributed by atoms with van der Waals surface area (Å²) < 4.78 is 12.2. The van der Waals surface area contributed by atoms with E-state index in [0.717, 1.165) is 15.8 Å². The maximum Gasteiger partial charge on any atom is 0.261 e. The average molecular weight is 392 g/mol. The van der Waals surface area contributed by atoms with Crippen LogP contribution in [0.3, 0.4) is 0 Å². The van der Waals surface area contributed by atoms with Gasteiger partial charge in [0.2, 0.25) is 0 Å². The fourth-order valence-electron chi connectivity index (χ4n) is 2.06. The van der Waals surface area contributed by atoms with Crippen molar-refractivity contribution in [3.8, 4) is 11.5 Å². The lowest BCUT2D eigenvalue weighted by atomic mass is 10.2. The van der Waals surface area contributed by atoms with Gasteiger partial charge in [0.05, 0.1) is 6.10 Å². The number of carbonyl (C=O) groups excluding carboxylic acids is 1. The van der Waals surface area contributed by atoms with E-state index in [2.05, 4.69) is 21.2 Å². The van der Waals surface area contributed by atoms with Crippen molar-refractivity contribution in [1.82, 2.24) is 5.32 Å². The summed E-state index contributed by atoms with van der Waals surface area (Å²) in [7, 11) is 0. The summed E-state index contributed by atoms with van der Waals surface area (Å²) in [5, 5.41) is 2.88. The third-order valence-corrected chi connectivity index (χ3v) is 3.79. The van der Waals surface area contributed by atoms with Gasteiger partial charge in [-0.2, -0.15) is 0 Å². The van der Waals surface area contributed by atoms with E-state index in [-0.39, 0.29) is 12.0 Å². The number of amides is 1. The van der Waals surface area contributed by atoms with Crippen LogP contribution in [-0.2, 0) is 11.3 Å². The molecule has 2 aromatic carbocycles. The number of hydrogen-bond acceptors (Lipinski definition) is 3. The summed E-state index contributed by atoms with van der Waals surface area (Å²) in [6.45, 7) is 6.16. The van der Waals surface area contributed by atoms with E-state index in [1.54, 1.807) is 6.92 Å². The van der Waals surface area contributed by atoms with Crippen molar-refractivity contribution in [2.24, 2.45) is 0 Å². The van der Waals surface area contributed by atoms with Gasteiger partial charge in [-0.15, -0.1) is 0 Å². The van der Waals surface area contributed by atoms with Crippen LogP contribution in [-0.4, -0.2) is 18.1 Å². The van der Waals surface area contributed by atoms with Crippen LogP contribution < -0.4 is 14.8 Å². The Hall–Kier alpha value is -2.01. The standard InChI is InChI=1S/C19H22BrNO3/c1-13(2)23-17-8-4-15(5-9-17)12-21-19(22)14(3)24-18-10-6-16(20)7-11-18/h4-11,13-14H,12H2,1-3H3,(H,21,22)/t14-/m0/s1. The minimum absolute atomic E-state index is 0.146. The fourth-order valence-corrected chi connectivity index (χ4v) is 2.33. The van der Waals surface area contributed by atoms with Crippen LogP contribution in [0.4, 0.5) is 0 Å². The Kier molecular flexibility index (Phi) is 6.67. The Bertz CT molecular complexity index is 653. The first-order chi connectivity index (χ1) is 11.4. The van der Waals surface area contributed by atoms with Gasteiger partial charge < -0.3 is 14.8 Å². The van der Waals surface area contributed by atoms with Crippen LogP contribution in [0.15, 0.2) is 53.0 Å². The first kappa shape index (κ1) is 18.3. The number of hydrogen-bond donors (Lipinski definition) is 1. The van der Waals surface area contributed by atoms with Crippen LogP contribution in [0.25, 0.3) is 0 Å². The predicted octanol–water partition coefficient (Wildman–Crippen LogP) is 4.32. The second kappa shape index (κ2) is 8.73. The lowest BCUT2D eigenvalue weighted by molar-refractivity contribution is -0.127. The van der Waals surface area contributed by atoms with E-state index in [1.165, 1.54) is 0 Å². The summed E-state index contributed by atoms with van der Waals surface area (Å²) in [4.78, 5) is 12.1. The molecular formula is C19H22BrNO3. The summed E-state index contributed by atoms with van der Waals surface area (Å²) in [6, 6.07) is 15.1. The largest absolute Gasteiger partial charge is 0.491 e. The average Bonchev–Trinajstić information content (AvgIpc) is 2.55. The maximum absolute atomic E-state index is 12.1. The Morgan fingerprint density at radius 1 is 0.958 bits per heavy atom. The van der Waals surface area contributed by atoms with Crippen LogP contribution in [0.5, 0.6) is 11.5 Å². The van der Waals surface area contributed by atoms with Crippen LogP contribution in [0.1, 0.15) is 26.3 Å². The highest BCUT2D eigenvalue weighted by Gasteiger charge is 2.14. The third-order valence-electron chi connectivity index (χ3n) is 3.26. The molecule has 0 heterocycles. The normalized spacial score (nSPS) is 11.9. The zero-order valence-corrected chi connectivity index (χ0v) is 15.7. The molecule has 0 radical (unpaired) electrons. The van der Waals surface area contributed by atoms with Crippen molar-refractivity contribution in [3.05, 3.63) is 58.6 Å². The lowest BCUT2D eigenvalue weighted by Crippen LogP contribution is -2.35. The highest BCUT2D eigenvalue weighted by Crippen LogP contribution is 2.17. The van der Waals surface area contributed by atoms with Gasteiger partial charge in [0.15, 0.2) is 6.10 Å². The minimum Gasteiger partial charge on any atom is -0.491 e. The monoisotopic (exact) mass is 391 g/mol. The van der Waals surface area contributed by atoms with Gasteiger partial charge in [0.1, 0.15) is 11.5 Å². The molecule has 1 amide bonds. The highest BCUT2D eigenvalue weighted by atomic mass is 79.9. The zero-order valence-electron chi connectivity index (χ0n) is 14.1. The van der Waals surface area contributed by atoms with Gasteiger partial charge in [0, 0.05) is 11.0 Å². The number of rotatable bonds is 7. The number of halogens is 1. The zero-order chi connectivity index (χ0) is 17.5. The van der Waals surface area contributed by atoms with E-state index < -0.39 is 6.10 Å². The molecule has 1 N–H and O–H groups in total. The van der Waals surface area contributed by atoms with Gasteiger partial charge in [0.25, 0.3) is 5.91 Å². The van der Waals surface area contributed by atoms with Crippen LogP contribution in [0.2, 0.25) is 0 Å². The maximum atomic E-state index is 12.1. The molecule has 0 bridgehead atoms. The van der Waals surface area contributed by atoms with Gasteiger partial charge in [-0.25, -0.2) is 0 Å². The van der Waals surface area contributed by atoms with Crippen LogP contribution in [0, 0.1) is 0 Å². The predicted molar refractivity (Wildman–Crippen MR) is 98.3 cm³/mol. The SMILES string of the molecule is CC(C)Oc1ccc(CNC(=O)[C@H](C)Oc2ccc(Br)cc2)cc1. The number of nitrogens with one attached hydrogen (secondary N) is 1. The molecule has 5 heteroatoms. The van der Waals surface area contributed by atoms with Crippen LogP contribution >= 0.6 is 15.9 Å². The summed E-state index contributed by atoms with van der Waals surface area (Å²) >= 11 is 3.37. The Labute approximate surface area is 151 Å². The molecule has 2 aromatic rings. The first-order valence-electron chi connectivity index (χ1n) is 7.89. The first-order valence-corrected chi connectivity index (χ1v) is 8.69. The third kappa shape index (κ3) is 5.89. The molecule has 0 saturated heterocycles. The van der Waals surface area contributed by atoms with Gasteiger partial charge >= 0.3 is 0 Å². The fraction of sp³-hybridized carbons (Fsp3) is 0.316. The Morgan fingerprint density at radius 3 is 2.08 bits per heavy atom. The van der Waals surface area contributed by atoms with E-state index in [0.29, 0.717) is 12.3 Å². The molecule has 0 aliphatic carbocycles. The van der Waals surface area contributed by atoms with Crippen molar-refractivity contribution in [3.63, 3.8) is 0 Å². The van der Waals surface area contributed by atoms with Crippen molar-refractivity contribution >= 4 is 21.8 Å². The van der Waals surface area contributed by atoms with Gasteiger partial charge in [-0.3, -0.25) is 4.79 Å². The van der Waals surface area contributed by atoms with Gasteiger partial charge in [-0.05, 0) is 62.7 Å².